The Balaban J connectivity index is 1.22. The average molecular weight is 784 g/mol. The molecule has 1 aliphatic carbocycles. The van der Waals surface area contributed by atoms with Gasteiger partial charge in [0, 0.05) is 34.3 Å². The van der Waals surface area contributed by atoms with Crippen LogP contribution in [0.4, 0.5) is 22.0 Å². The van der Waals surface area contributed by atoms with Crippen LogP contribution in [0.25, 0.3) is 21.9 Å². The van der Waals surface area contributed by atoms with Gasteiger partial charge in [-0.2, -0.15) is 22.0 Å². The topological polar surface area (TPSA) is 111 Å². The third kappa shape index (κ3) is 8.28. The molecule has 1 saturated carbocycles. The lowest BCUT2D eigenvalue weighted by molar-refractivity contribution is -0.206. The summed E-state index contributed by atoms with van der Waals surface area (Å²) in [6, 6.07) is 17.2. The number of carbonyl (C=O) groups excluding carboxylic acids is 3. The van der Waals surface area contributed by atoms with E-state index in [0.717, 1.165) is 37.8 Å². The summed E-state index contributed by atoms with van der Waals surface area (Å²) in [5.41, 5.74) is 6.58. The molecule has 2 bridgehead atoms. The summed E-state index contributed by atoms with van der Waals surface area (Å²) in [4.78, 5) is 41.9. The molecule has 2 heterocycles. The maximum Gasteiger partial charge on any atom is 0.490 e. The van der Waals surface area contributed by atoms with Crippen LogP contribution < -0.4 is 15.8 Å². The number of nitrogens with two attached hydrogens (primary N) is 1. The second-order valence-electron chi connectivity index (χ2n) is 14.6. The van der Waals surface area contributed by atoms with Gasteiger partial charge in [-0.25, -0.2) is 4.79 Å². The monoisotopic (exact) mass is 783 g/mol. The van der Waals surface area contributed by atoms with E-state index < -0.39 is 59.7 Å². The number of esters is 1. The number of rotatable bonds is 10. The minimum absolute atomic E-state index is 0.0682. The molecule has 2 amide bonds. The van der Waals surface area contributed by atoms with Gasteiger partial charge < -0.3 is 25.4 Å². The van der Waals surface area contributed by atoms with Crippen LogP contribution in [0.2, 0.25) is 5.02 Å². The van der Waals surface area contributed by atoms with E-state index >= 15 is 8.78 Å². The number of nitrogens with one attached hydrogen (secondary N) is 1. The molecule has 14 heteroatoms. The maximum atomic E-state index is 16.8. The molecule has 8 nitrogen and oxygen atoms in total. The molecule has 7 rings (SSSR count). The first kappa shape index (κ1) is 38.5. The Morgan fingerprint density at radius 3 is 1.98 bits per heavy atom. The normalized spacial score (nSPS) is 21.3. The van der Waals surface area contributed by atoms with Gasteiger partial charge in [-0.05, 0) is 104 Å². The summed E-state index contributed by atoms with van der Waals surface area (Å²) in [6.45, 7) is 0. The number of fused-ring (bicyclic) bond motifs is 3. The summed E-state index contributed by atoms with van der Waals surface area (Å²) in [6.07, 6.45) is -2.08. The highest BCUT2D eigenvalue weighted by atomic mass is 35.5. The van der Waals surface area contributed by atoms with E-state index in [9.17, 15) is 27.6 Å². The quantitative estimate of drug-likeness (QED) is 0.124. The van der Waals surface area contributed by atoms with Crippen molar-refractivity contribution in [1.82, 2.24) is 10.2 Å². The second kappa shape index (κ2) is 15.4. The number of hydrogen-bond donors (Lipinski definition) is 2. The second-order valence-corrected chi connectivity index (χ2v) is 15.0. The number of piperidine rings is 1. The summed E-state index contributed by atoms with van der Waals surface area (Å²) in [5, 5.41) is 3.60. The largest absolute Gasteiger partial charge is 0.490 e. The van der Waals surface area contributed by atoms with Crippen molar-refractivity contribution in [2.24, 2.45) is 5.73 Å². The average Bonchev–Trinajstić information content (AvgIpc) is 3.77. The highest BCUT2D eigenvalue weighted by molar-refractivity contribution is 6.30. The summed E-state index contributed by atoms with van der Waals surface area (Å²) < 4.78 is 85.2. The third-order valence-corrected chi connectivity index (χ3v) is 11.1. The van der Waals surface area contributed by atoms with E-state index in [4.69, 9.17) is 26.8 Å². The number of benzene rings is 4. The molecule has 3 N–H and O–H groups in total. The van der Waals surface area contributed by atoms with Crippen LogP contribution in [0.1, 0.15) is 68.6 Å². The highest BCUT2D eigenvalue weighted by Gasteiger charge is 2.54. The molecule has 4 aromatic rings. The van der Waals surface area contributed by atoms with Gasteiger partial charge in [-0.15, -0.1) is 0 Å². The Bertz CT molecular complexity index is 2040. The molecule has 4 atom stereocenters. The van der Waals surface area contributed by atoms with Crippen molar-refractivity contribution in [3.8, 4) is 16.9 Å². The van der Waals surface area contributed by atoms with Crippen LogP contribution in [0.15, 0.2) is 84.9 Å². The lowest BCUT2D eigenvalue weighted by Gasteiger charge is -2.41. The molecule has 4 aromatic carbocycles. The van der Waals surface area contributed by atoms with Gasteiger partial charge in [0.2, 0.25) is 6.10 Å². The zero-order chi connectivity index (χ0) is 39.1. The van der Waals surface area contributed by atoms with E-state index in [2.05, 4.69) is 0 Å². The number of nitrogens with zero attached hydrogens (tertiary/aromatic N) is 1. The van der Waals surface area contributed by atoms with Gasteiger partial charge in [-0.1, -0.05) is 66.2 Å². The van der Waals surface area contributed by atoms with E-state index in [1.807, 2.05) is 5.32 Å². The molecule has 0 spiro atoms. The van der Waals surface area contributed by atoms with Crippen LogP contribution >= 0.6 is 11.6 Å². The predicted molar refractivity (Wildman–Crippen MR) is 195 cm³/mol. The van der Waals surface area contributed by atoms with Crippen LogP contribution in [0.3, 0.4) is 0 Å². The van der Waals surface area contributed by atoms with Crippen LogP contribution in [0.5, 0.6) is 5.75 Å². The minimum Gasteiger partial charge on any atom is -0.490 e. The van der Waals surface area contributed by atoms with Crippen LogP contribution in [-0.2, 0) is 25.0 Å². The lowest BCUT2D eigenvalue weighted by Crippen LogP contribution is -2.61. The van der Waals surface area contributed by atoms with Gasteiger partial charge in [0.15, 0.2) is 6.04 Å². The maximum absolute atomic E-state index is 16.8. The zero-order valence-electron chi connectivity index (χ0n) is 29.5. The van der Waals surface area contributed by atoms with E-state index in [1.165, 1.54) is 35.2 Å². The lowest BCUT2D eigenvalue weighted by atomic mass is 9.93. The van der Waals surface area contributed by atoms with E-state index in [1.54, 1.807) is 42.5 Å². The van der Waals surface area contributed by atoms with Crippen molar-refractivity contribution in [3.05, 3.63) is 101 Å². The molecule has 2 unspecified atom stereocenters. The fourth-order valence-electron chi connectivity index (χ4n) is 8.07. The number of amides is 2. The minimum atomic E-state index is -5.52. The first-order chi connectivity index (χ1) is 26.2. The van der Waals surface area contributed by atoms with Crippen LogP contribution in [-0.4, -0.2) is 59.1 Å². The molecule has 3 fully saturated rings. The van der Waals surface area contributed by atoms with Crippen molar-refractivity contribution in [2.45, 2.75) is 99.8 Å². The Labute approximate surface area is 319 Å². The first-order valence-corrected chi connectivity index (χ1v) is 18.7. The molecule has 290 valence electrons. The summed E-state index contributed by atoms with van der Waals surface area (Å²) in [7, 11) is 0. The van der Waals surface area contributed by atoms with Gasteiger partial charge in [0.05, 0.1) is 6.10 Å². The number of carbonyl (C=O) groups is 3. The van der Waals surface area contributed by atoms with Gasteiger partial charge in [-0.3, -0.25) is 9.59 Å². The number of ether oxygens (including phenoxy) is 2. The Hall–Kier alpha value is -4.75. The molecular formula is C41H39ClF5N3O5. The van der Waals surface area contributed by atoms with Crippen molar-refractivity contribution in [1.29, 1.82) is 0 Å². The molecule has 0 radical (unpaired) electrons. The Kier molecular flexibility index (Phi) is 10.8. The fourth-order valence-corrected chi connectivity index (χ4v) is 8.20. The summed E-state index contributed by atoms with van der Waals surface area (Å²) in [5.74, 6) is -8.85. The van der Waals surface area contributed by atoms with Crippen molar-refractivity contribution < 1.29 is 45.8 Å². The van der Waals surface area contributed by atoms with E-state index in [-0.39, 0.29) is 17.7 Å². The predicted octanol–water partition coefficient (Wildman–Crippen LogP) is 8.39. The van der Waals surface area contributed by atoms with Gasteiger partial charge >= 0.3 is 18.1 Å². The highest BCUT2D eigenvalue weighted by Crippen LogP contribution is 2.41. The Morgan fingerprint density at radius 2 is 1.36 bits per heavy atom. The molecule has 2 saturated heterocycles. The molecule has 3 aliphatic rings. The number of halogens is 6. The van der Waals surface area contributed by atoms with Crippen molar-refractivity contribution in [2.75, 3.05) is 0 Å². The fraction of sp³-hybridized carbons (Fsp3) is 0.390. The van der Waals surface area contributed by atoms with Crippen molar-refractivity contribution in [3.63, 3.8) is 0 Å². The van der Waals surface area contributed by atoms with Gasteiger partial charge in [0.1, 0.15) is 5.75 Å². The third-order valence-electron chi connectivity index (χ3n) is 10.8. The number of hydrogen-bond acceptors (Lipinski definition) is 6. The van der Waals surface area contributed by atoms with Gasteiger partial charge in [0.25, 0.3) is 11.8 Å². The number of alkyl halides is 5. The van der Waals surface area contributed by atoms with E-state index in [0.29, 0.717) is 58.4 Å². The molecule has 0 aromatic heterocycles. The smallest absolute Gasteiger partial charge is 0.490 e. The zero-order valence-corrected chi connectivity index (χ0v) is 30.3. The standard InChI is InChI=1S/C41H39ClF5N3O5/c42-29-14-9-24(10-15-29)23-7-12-28(13-8-23)40(43,44)36(38(52)50-31-16-17-32(50)22-30(48)21-31)49-37(51)35(55-39(53)41(45,46)47)27-6-5-26-20-34(18-11-25(26)19-27)54-33-3-1-2-4-33/h5-15,18-20,30-33,35-36H,1-4,16-17,21-22,48H2,(H,49,51)/t30?,31?,32?,35-,36-/m0/s1. The first-order valence-electron chi connectivity index (χ1n) is 18.3. The molecular weight excluding hydrogens is 745 g/mol. The Morgan fingerprint density at radius 1 is 0.782 bits per heavy atom. The van der Waals surface area contributed by atoms with Crippen LogP contribution in [0, 0.1) is 0 Å². The SMILES string of the molecule is NC1CC2CCC(C1)N2C(=O)[C@H](NC(=O)[C@@H](OC(=O)C(F)(F)F)c1ccc2cc(OC3CCCC3)ccc2c1)C(F)(F)c1ccc(-c2ccc(Cl)cc2)cc1. The molecule has 55 heavy (non-hydrogen) atoms. The van der Waals surface area contributed by atoms with Crippen molar-refractivity contribution >= 4 is 40.2 Å². The summed E-state index contributed by atoms with van der Waals surface area (Å²) >= 11 is 5.99. The molecule has 2 aliphatic heterocycles.